The summed E-state index contributed by atoms with van der Waals surface area (Å²) in [6.07, 6.45) is 3.23. The first-order valence-corrected chi connectivity index (χ1v) is 5.28. The molecule has 0 radical (unpaired) electrons. The van der Waals surface area contributed by atoms with E-state index >= 15 is 0 Å². The molecule has 1 aliphatic carbocycles. The van der Waals surface area contributed by atoms with Gasteiger partial charge in [0, 0.05) is 12.5 Å². The van der Waals surface area contributed by atoms with Crippen LogP contribution in [0.2, 0.25) is 0 Å². The van der Waals surface area contributed by atoms with Crippen molar-refractivity contribution < 1.29 is 19.2 Å². The van der Waals surface area contributed by atoms with Crippen LogP contribution in [0.25, 0.3) is 6.08 Å². The highest BCUT2D eigenvalue weighted by Gasteiger charge is 2.20. The Morgan fingerprint density at radius 3 is 2.72 bits per heavy atom. The molecule has 0 amide bonds. The van der Waals surface area contributed by atoms with E-state index in [1.807, 2.05) is 0 Å². The van der Waals surface area contributed by atoms with Crippen LogP contribution in [-0.4, -0.2) is 24.6 Å². The number of nitrogens with zero attached hydrogens (tertiary/aromatic N) is 1. The zero-order valence-electron chi connectivity index (χ0n) is 9.97. The largest absolute Gasteiger partial charge is 0.497 e. The lowest BCUT2D eigenvalue weighted by Crippen LogP contribution is -2.17. The number of ketones is 1. The van der Waals surface area contributed by atoms with Crippen LogP contribution in [0.3, 0.4) is 0 Å². The van der Waals surface area contributed by atoms with Crippen molar-refractivity contribution in [2.75, 3.05) is 7.11 Å². The second kappa shape index (κ2) is 4.83. The number of ether oxygens (including phenoxy) is 1. The van der Waals surface area contributed by atoms with Crippen molar-refractivity contribution >= 4 is 23.5 Å². The lowest BCUT2D eigenvalue weighted by Gasteiger charge is -2.11. The number of benzene rings is 1. The van der Waals surface area contributed by atoms with Crippen molar-refractivity contribution in [2.24, 2.45) is 5.16 Å². The van der Waals surface area contributed by atoms with Crippen molar-refractivity contribution in [3.63, 3.8) is 0 Å². The van der Waals surface area contributed by atoms with Gasteiger partial charge in [0.05, 0.1) is 7.11 Å². The van der Waals surface area contributed by atoms with Crippen LogP contribution >= 0.6 is 0 Å². The molecule has 18 heavy (non-hydrogen) atoms. The summed E-state index contributed by atoms with van der Waals surface area (Å²) in [6.45, 7) is 1.22. The van der Waals surface area contributed by atoms with Crippen LogP contribution in [-0.2, 0) is 9.63 Å². The van der Waals surface area contributed by atoms with E-state index in [-0.39, 0.29) is 11.5 Å². The minimum atomic E-state index is -0.566. The first-order chi connectivity index (χ1) is 8.61. The van der Waals surface area contributed by atoms with Gasteiger partial charge in [0.25, 0.3) is 0 Å². The van der Waals surface area contributed by atoms with Gasteiger partial charge < -0.3 is 9.57 Å². The molecule has 5 nitrogen and oxygen atoms in total. The van der Waals surface area contributed by atoms with Crippen LogP contribution in [0.4, 0.5) is 0 Å². The van der Waals surface area contributed by atoms with Gasteiger partial charge in [-0.1, -0.05) is 11.2 Å². The number of allylic oxidation sites excluding steroid dienone is 1. The molecule has 1 aromatic carbocycles. The highest BCUT2D eigenvalue weighted by Crippen LogP contribution is 2.23. The lowest BCUT2D eigenvalue weighted by atomic mass is 9.95. The minimum Gasteiger partial charge on any atom is -0.497 e. The van der Waals surface area contributed by atoms with E-state index in [4.69, 9.17) is 4.74 Å². The second-order valence-electron chi connectivity index (χ2n) is 3.68. The van der Waals surface area contributed by atoms with E-state index in [9.17, 15) is 9.59 Å². The van der Waals surface area contributed by atoms with Crippen LogP contribution < -0.4 is 4.74 Å². The molecule has 0 atom stereocenters. The van der Waals surface area contributed by atoms with Crippen LogP contribution in [0, 0.1) is 0 Å². The third-order valence-electron chi connectivity index (χ3n) is 2.43. The van der Waals surface area contributed by atoms with Gasteiger partial charge in [-0.2, -0.15) is 0 Å². The van der Waals surface area contributed by atoms with E-state index in [0.29, 0.717) is 11.3 Å². The molecule has 92 valence electrons. The summed E-state index contributed by atoms with van der Waals surface area (Å²) in [7, 11) is 1.56. The number of Topliss-reactive ketones (excluding diaryl/α,β-unsaturated/α-hetero) is 1. The predicted octanol–water partition coefficient (Wildman–Crippen LogP) is 1.82. The molecule has 0 heterocycles. The van der Waals surface area contributed by atoms with Crippen molar-refractivity contribution in [1.29, 1.82) is 0 Å². The standard InChI is InChI=1S/C13H11NO4/c1-8(15)18-14-12-6-3-9-7-10(17-2)4-5-11(9)13(12)16/h3-7H,1-2H3/b14-12-. The fourth-order valence-electron chi connectivity index (χ4n) is 1.58. The summed E-state index contributed by atoms with van der Waals surface area (Å²) in [5.41, 5.74) is 1.35. The molecule has 1 aliphatic rings. The Morgan fingerprint density at radius 2 is 2.06 bits per heavy atom. The van der Waals surface area contributed by atoms with Crippen molar-refractivity contribution in [1.82, 2.24) is 0 Å². The molecule has 5 heteroatoms. The Balaban J connectivity index is 2.35. The third-order valence-corrected chi connectivity index (χ3v) is 2.43. The molecule has 0 N–H and O–H groups in total. The maximum absolute atomic E-state index is 12.0. The number of carbonyl (C=O) groups excluding carboxylic acids is 2. The Bertz CT molecular complexity index is 572. The van der Waals surface area contributed by atoms with Crippen LogP contribution in [0.5, 0.6) is 5.75 Å². The summed E-state index contributed by atoms with van der Waals surface area (Å²) in [6, 6.07) is 5.11. The van der Waals surface area contributed by atoms with Gasteiger partial charge in [-0.05, 0) is 29.8 Å². The topological polar surface area (TPSA) is 65.0 Å². The average molecular weight is 245 g/mol. The van der Waals surface area contributed by atoms with Crippen molar-refractivity contribution in [3.8, 4) is 5.75 Å². The van der Waals surface area contributed by atoms with Gasteiger partial charge in [-0.3, -0.25) is 4.79 Å². The number of methoxy groups -OCH3 is 1. The van der Waals surface area contributed by atoms with E-state index in [0.717, 1.165) is 5.56 Å². The van der Waals surface area contributed by atoms with Gasteiger partial charge >= 0.3 is 5.97 Å². The molecule has 0 spiro atoms. The van der Waals surface area contributed by atoms with E-state index in [1.54, 1.807) is 31.4 Å². The molecule has 0 fully saturated rings. The maximum Gasteiger partial charge on any atom is 0.332 e. The Labute approximate surface area is 104 Å². The highest BCUT2D eigenvalue weighted by atomic mass is 16.7. The molecule has 0 saturated carbocycles. The maximum atomic E-state index is 12.0. The molecular formula is C13H11NO4. The molecule has 1 aromatic rings. The molecule has 2 rings (SSSR count). The Hall–Kier alpha value is -2.43. The van der Waals surface area contributed by atoms with Gasteiger partial charge in [0.15, 0.2) is 5.71 Å². The molecule has 0 unspecified atom stereocenters. The number of oxime groups is 1. The summed E-state index contributed by atoms with van der Waals surface area (Å²) in [5, 5.41) is 3.50. The fourth-order valence-corrected chi connectivity index (χ4v) is 1.58. The van der Waals surface area contributed by atoms with Crippen LogP contribution in [0.1, 0.15) is 22.8 Å². The van der Waals surface area contributed by atoms with Crippen LogP contribution in [0.15, 0.2) is 29.4 Å². The third kappa shape index (κ3) is 2.29. The van der Waals surface area contributed by atoms with Crippen molar-refractivity contribution in [2.45, 2.75) is 6.92 Å². The second-order valence-corrected chi connectivity index (χ2v) is 3.68. The van der Waals surface area contributed by atoms with E-state index < -0.39 is 5.97 Å². The Morgan fingerprint density at radius 1 is 1.28 bits per heavy atom. The predicted molar refractivity (Wildman–Crippen MR) is 65.6 cm³/mol. The van der Waals surface area contributed by atoms with Gasteiger partial charge in [-0.15, -0.1) is 0 Å². The first-order valence-electron chi connectivity index (χ1n) is 5.28. The minimum absolute atomic E-state index is 0.0999. The van der Waals surface area contributed by atoms with E-state index in [2.05, 4.69) is 9.99 Å². The monoisotopic (exact) mass is 245 g/mol. The molecular weight excluding hydrogens is 234 g/mol. The quantitative estimate of drug-likeness (QED) is 0.589. The summed E-state index contributed by atoms with van der Waals surface area (Å²) in [5.74, 6) is -0.174. The number of rotatable bonds is 2. The summed E-state index contributed by atoms with van der Waals surface area (Å²) >= 11 is 0. The summed E-state index contributed by atoms with van der Waals surface area (Å²) < 4.78 is 5.08. The number of carbonyl (C=O) groups is 2. The first kappa shape index (κ1) is 12.0. The average Bonchev–Trinajstić information content (AvgIpc) is 2.37. The van der Waals surface area contributed by atoms with Gasteiger partial charge in [0.2, 0.25) is 5.78 Å². The number of hydrogen-bond acceptors (Lipinski definition) is 5. The SMILES string of the molecule is COc1ccc2c(c1)C=C/C(=N/OC(C)=O)C2=O. The normalized spacial score (nSPS) is 15.4. The molecule has 0 saturated heterocycles. The molecule has 0 bridgehead atoms. The molecule has 0 aliphatic heterocycles. The van der Waals surface area contributed by atoms with Gasteiger partial charge in [-0.25, -0.2) is 4.79 Å². The molecule has 0 aromatic heterocycles. The van der Waals surface area contributed by atoms with Gasteiger partial charge in [0.1, 0.15) is 5.75 Å². The lowest BCUT2D eigenvalue weighted by molar-refractivity contribution is -0.140. The smallest absolute Gasteiger partial charge is 0.332 e. The number of fused-ring (bicyclic) bond motifs is 1. The number of hydrogen-bond donors (Lipinski definition) is 0. The fraction of sp³-hybridized carbons (Fsp3) is 0.154. The summed E-state index contributed by atoms with van der Waals surface area (Å²) in [4.78, 5) is 27.1. The van der Waals surface area contributed by atoms with E-state index in [1.165, 1.54) is 13.0 Å². The van der Waals surface area contributed by atoms with Crippen molar-refractivity contribution in [3.05, 3.63) is 35.4 Å². The Kier molecular flexibility index (Phi) is 3.23. The zero-order valence-corrected chi connectivity index (χ0v) is 9.97. The zero-order chi connectivity index (χ0) is 13.1. The highest BCUT2D eigenvalue weighted by molar-refractivity contribution is 6.52.